The molecule has 31 heavy (non-hydrogen) atoms. The Morgan fingerprint density at radius 1 is 1.03 bits per heavy atom. The molecule has 164 valence electrons. The number of aromatic nitrogens is 1. The van der Waals surface area contributed by atoms with E-state index in [1.165, 1.54) is 50.9 Å². The maximum atomic E-state index is 14.3. The van der Waals surface area contributed by atoms with Gasteiger partial charge in [-0.2, -0.15) is 5.10 Å². The van der Waals surface area contributed by atoms with Crippen LogP contribution in [0.15, 0.2) is 45.8 Å². The Morgan fingerprint density at radius 2 is 1.65 bits per heavy atom. The summed E-state index contributed by atoms with van der Waals surface area (Å²) in [6, 6.07) is 7.28. The number of hydrogen-bond acceptors (Lipinski definition) is 6. The number of nitrogens with zero attached hydrogens (tertiary/aromatic N) is 3. The maximum Gasteiger partial charge on any atom is 0.206 e. The van der Waals surface area contributed by atoms with E-state index in [1.54, 1.807) is 23.7 Å². The van der Waals surface area contributed by atoms with Crippen molar-refractivity contribution >= 4 is 17.0 Å². The summed E-state index contributed by atoms with van der Waals surface area (Å²) < 4.78 is 46.4. The number of rotatable bonds is 7. The Hall–Kier alpha value is -3.20. The van der Waals surface area contributed by atoms with Crippen LogP contribution in [0.4, 0.5) is 8.78 Å². The van der Waals surface area contributed by atoms with E-state index in [-0.39, 0.29) is 11.3 Å². The third-order valence-electron chi connectivity index (χ3n) is 4.51. The second-order valence-electron chi connectivity index (χ2n) is 6.39. The summed E-state index contributed by atoms with van der Waals surface area (Å²) in [5.41, 5.74) is 1.38. The molecule has 9 heteroatoms. The molecular weight excluding hydrogens is 424 g/mol. The lowest BCUT2D eigenvalue weighted by Crippen LogP contribution is -2.15. The van der Waals surface area contributed by atoms with Crippen LogP contribution in [0.5, 0.6) is 17.2 Å². The quantitative estimate of drug-likeness (QED) is 0.493. The van der Waals surface area contributed by atoms with Crippen molar-refractivity contribution in [3.63, 3.8) is 0 Å². The average Bonchev–Trinajstić information content (AvgIpc) is 3.14. The number of benzene rings is 2. The minimum Gasteiger partial charge on any atom is -0.493 e. The molecule has 0 bridgehead atoms. The van der Waals surface area contributed by atoms with Gasteiger partial charge in [0.25, 0.3) is 0 Å². The molecule has 0 N–H and O–H groups in total. The molecule has 1 aromatic heterocycles. The highest BCUT2D eigenvalue weighted by atomic mass is 32.1. The summed E-state index contributed by atoms with van der Waals surface area (Å²) in [6.45, 7) is 3.98. The molecule has 6 nitrogen and oxygen atoms in total. The van der Waals surface area contributed by atoms with Gasteiger partial charge in [-0.15, -0.1) is 11.3 Å². The van der Waals surface area contributed by atoms with Crippen LogP contribution in [-0.2, 0) is 0 Å². The van der Waals surface area contributed by atoms with Crippen LogP contribution < -0.4 is 19.0 Å². The topological polar surface area (TPSA) is 57.3 Å². The minimum absolute atomic E-state index is 0.181. The van der Waals surface area contributed by atoms with Crippen LogP contribution in [0, 0.1) is 11.6 Å². The van der Waals surface area contributed by atoms with Gasteiger partial charge in [-0.3, -0.25) is 4.99 Å². The van der Waals surface area contributed by atoms with Crippen molar-refractivity contribution in [2.75, 3.05) is 27.9 Å². The molecule has 3 aromatic rings. The molecular formula is C22H23F2N3O3S. The van der Waals surface area contributed by atoms with Gasteiger partial charge in [0.15, 0.2) is 11.5 Å². The van der Waals surface area contributed by atoms with Crippen LogP contribution in [0.3, 0.4) is 0 Å². The van der Waals surface area contributed by atoms with E-state index in [0.717, 1.165) is 0 Å². The Balaban J connectivity index is 2.25. The summed E-state index contributed by atoms with van der Waals surface area (Å²) in [5.74, 6) is 0.0526. The Labute approximate surface area is 183 Å². The standard InChI is InChI=1S/C22H23F2N3O3S/c1-6-25-22-27(26-13(2)20-15(23)8-7-9-16(20)24)17(12-31-22)14-10-18(28-3)21(30-5)19(11-14)29-4/h7-12H,6H2,1-5H3. The average molecular weight is 448 g/mol. The highest BCUT2D eigenvalue weighted by molar-refractivity contribution is 7.07. The monoisotopic (exact) mass is 447 g/mol. The number of hydrogen-bond donors (Lipinski definition) is 0. The van der Waals surface area contributed by atoms with Crippen LogP contribution in [0.2, 0.25) is 0 Å². The van der Waals surface area contributed by atoms with Crippen molar-refractivity contribution in [3.05, 3.63) is 57.7 Å². The molecule has 1 heterocycles. The summed E-state index contributed by atoms with van der Waals surface area (Å²) in [6.07, 6.45) is 0. The van der Waals surface area contributed by atoms with Gasteiger partial charge in [-0.05, 0) is 38.1 Å². The molecule has 0 fully saturated rings. The lowest BCUT2D eigenvalue weighted by atomic mass is 10.1. The molecule has 0 radical (unpaired) electrons. The number of methoxy groups -OCH3 is 3. The van der Waals surface area contributed by atoms with Crippen molar-refractivity contribution in [1.82, 2.24) is 4.68 Å². The minimum atomic E-state index is -0.680. The molecule has 0 atom stereocenters. The van der Waals surface area contributed by atoms with E-state index in [2.05, 4.69) is 10.1 Å². The Bertz CT molecular complexity index is 1140. The second-order valence-corrected chi connectivity index (χ2v) is 7.22. The van der Waals surface area contributed by atoms with Crippen molar-refractivity contribution in [2.24, 2.45) is 10.1 Å². The largest absolute Gasteiger partial charge is 0.493 e. The van der Waals surface area contributed by atoms with Gasteiger partial charge in [0, 0.05) is 17.5 Å². The fourth-order valence-corrected chi connectivity index (χ4v) is 4.01. The molecule has 0 saturated carbocycles. The highest BCUT2D eigenvalue weighted by Crippen LogP contribution is 2.41. The van der Waals surface area contributed by atoms with Crippen molar-refractivity contribution in [1.29, 1.82) is 0 Å². The fourth-order valence-electron chi connectivity index (χ4n) is 3.11. The van der Waals surface area contributed by atoms with Crippen LogP contribution in [0.1, 0.15) is 19.4 Å². The maximum absolute atomic E-state index is 14.3. The van der Waals surface area contributed by atoms with Gasteiger partial charge in [0.05, 0.1) is 38.3 Å². The van der Waals surface area contributed by atoms with E-state index in [9.17, 15) is 8.78 Å². The zero-order chi connectivity index (χ0) is 22.5. The third kappa shape index (κ3) is 4.46. The first-order valence-electron chi connectivity index (χ1n) is 9.46. The normalized spacial score (nSPS) is 12.2. The van der Waals surface area contributed by atoms with Crippen LogP contribution in [-0.4, -0.2) is 38.3 Å². The number of thiazole rings is 1. The molecule has 0 saturated heterocycles. The fraction of sp³-hybridized carbons (Fsp3) is 0.273. The first-order valence-corrected chi connectivity index (χ1v) is 10.3. The van der Waals surface area contributed by atoms with Crippen molar-refractivity contribution in [3.8, 4) is 28.5 Å². The lowest BCUT2D eigenvalue weighted by Gasteiger charge is -2.14. The van der Waals surface area contributed by atoms with Gasteiger partial charge in [0.1, 0.15) is 11.6 Å². The van der Waals surface area contributed by atoms with Gasteiger partial charge >= 0.3 is 0 Å². The Morgan fingerprint density at radius 3 is 2.16 bits per heavy atom. The smallest absolute Gasteiger partial charge is 0.206 e. The molecule has 0 aliphatic heterocycles. The number of halogens is 2. The van der Waals surface area contributed by atoms with Gasteiger partial charge in [-0.25, -0.2) is 13.5 Å². The van der Waals surface area contributed by atoms with E-state index >= 15 is 0 Å². The highest BCUT2D eigenvalue weighted by Gasteiger charge is 2.18. The molecule has 0 amide bonds. The molecule has 3 rings (SSSR count). The lowest BCUT2D eigenvalue weighted by molar-refractivity contribution is 0.324. The SMILES string of the molecule is CCN=c1scc(-c2cc(OC)c(OC)c(OC)c2)n1N=C(C)c1c(F)cccc1F. The summed E-state index contributed by atoms with van der Waals surface area (Å²) in [4.78, 5) is 5.05. The van der Waals surface area contributed by atoms with E-state index in [0.29, 0.717) is 39.9 Å². The zero-order valence-corrected chi connectivity index (χ0v) is 18.7. The van der Waals surface area contributed by atoms with Crippen LogP contribution in [0.25, 0.3) is 11.3 Å². The first kappa shape index (κ1) is 22.5. The van der Waals surface area contributed by atoms with Gasteiger partial charge in [-0.1, -0.05) is 6.07 Å². The molecule has 0 spiro atoms. The number of ether oxygens (including phenoxy) is 3. The van der Waals surface area contributed by atoms with Crippen LogP contribution >= 0.6 is 11.3 Å². The first-order chi connectivity index (χ1) is 14.9. The molecule has 0 aliphatic rings. The summed E-state index contributed by atoms with van der Waals surface area (Å²) >= 11 is 1.37. The molecule has 0 aliphatic carbocycles. The van der Waals surface area contributed by atoms with Crippen molar-refractivity contribution in [2.45, 2.75) is 13.8 Å². The predicted octanol–water partition coefficient (Wildman–Crippen LogP) is 4.71. The van der Waals surface area contributed by atoms with Gasteiger partial charge in [0.2, 0.25) is 10.6 Å². The summed E-state index contributed by atoms with van der Waals surface area (Å²) in [5, 5.41) is 6.38. The zero-order valence-electron chi connectivity index (χ0n) is 17.9. The van der Waals surface area contributed by atoms with Crippen molar-refractivity contribution < 1.29 is 23.0 Å². The van der Waals surface area contributed by atoms with E-state index in [1.807, 2.05) is 12.3 Å². The van der Waals surface area contributed by atoms with E-state index < -0.39 is 11.6 Å². The molecule has 2 aromatic carbocycles. The molecule has 0 unspecified atom stereocenters. The third-order valence-corrected chi connectivity index (χ3v) is 5.37. The second kappa shape index (κ2) is 9.74. The summed E-state index contributed by atoms with van der Waals surface area (Å²) in [7, 11) is 4.59. The van der Waals surface area contributed by atoms with E-state index in [4.69, 9.17) is 14.2 Å². The Kier molecular flexibility index (Phi) is 7.06. The van der Waals surface area contributed by atoms with Gasteiger partial charge < -0.3 is 14.2 Å². The predicted molar refractivity (Wildman–Crippen MR) is 117 cm³/mol.